The van der Waals surface area contributed by atoms with Gasteiger partial charge >= 0.3 is 0 Å². The van der Waals surface area contributed by atoms with Crippen LogP contribution in [0.1, 0.15) is 28.1 Å². The van der Waals surface area contributed by atoms with Crippen LogP contribution in [0.2, 0.25) is 0 Å². The Kier molecular flexibility index (Phi) is 4.15. The molecular weight excluding hydrogens is 286 g/mol. The van der Waals surface area contributed by atoms with E-state index in [1.807, 2.05) is 25.1 Å². The molecule has 0 unspecified atom stereocenters. The van der Waals surface area contributed by atoms with E-state index in [0.29, 0.717) is 13.0 Å². The van der Waals surface area contributed by atoms with Crippen molar-refractivity contribution < 1.29 is 4.79 Å². The zero-order valence-corrected chi connectivity index (χ0v) is 13.7. The summed E-state index contributed by atoms with van der Waals surface area (Å²) < 4.78 is 0. The lowest BCUT2D eigenvalue weighted by Gasteiger charge is -2.06. The molecule has 0 aliphatic rings. The minimum atomic E-state index is 0.0128. The van der Waals surface area contributed by atoms with Gasteiger partial charge in [0.15, 0.2) is 0 Å². The van der Waals surface area contributed by atoms with Crippen LogP contribution in [-0.4, -0.2) is 15.9 Å². The fourth-order valence-corrected chi connectivity index (χ4v) is 2.98. The van der Waals surface area contributed by atoms with Gasteiger partial charge in [-0.3, -0.25) is 9.78 Å². The maximum Gasteiger partial charge on any atom is 0.224 e. The van der Waals surface area contributed by atoms with Gasteiger partial charge in [0, 0.05) is 22.8 Å². The number of aromatic amines is 1. The normalized spacial score (nSPS) is 10.9. The fraction of sp³-hybridized carbons (Fsp3) is 0.263. The molecule has 2 aromatic heterocycles. The first-order valence-corrected chi connectivity index (χ1v) is 7.79. The van der Waals surface area contributed by atoms with Crippen LogP contribution < -0.4 is 5.32 Å². The highest BCUT2D eigenvalue weighted by molar-refractivity contribution is 5.92. The number of nitrogens with one attached hydrogen (secondary N) is 2. The maximum atomic E-state index is 12.3. The lowest BCUT2D eigenvalue weighted by atomic mass is 10.0. The highest BCUT2D eigenvalue weighted by Gasteiger charge is 2.14. The molecule has 1 amide bonds. The number of benzene rings is 1. The molecular formula is C19H21N3O. The number of H-pyrrole nitrogens is 1. The zero-order valence-electron chi connectivity index (χ0n) is 13.7. The second-order valence-electron chi connectivity index (χ2n) is 6.01. The Morgan fingerprint density at radius 3 is 2.78 bits per heavy atom. The van der Waals surface area contributed by atoms with Crippen molar-refractivity contribution in [2.45, 2.75) is 33.7 Å². The lowest BCUT2D eigenvalue weighted by molar-refractivity contribution is -0.120. The van der Waals surface area contributed by atoms with Crippen molar-refractivity contribution in [3.63, 3.8) is 0 Å². The van der Waals surface area contributed by atoms with E-state index in [4.69, 9.17) is 0 Å². The first kappa shape index (κ1) is 15.3. The van der Waals surface area contributed by atoms with E-state index in [1.54, 1.807) is 6.20 Å². The Balaban J connectivity index is 1.78. The maximum absolute atomic E-state index is 12.3. The van der Waals surface area contributed by atoms with Gasteiger partial charge in [-0.2, -0.15) is 0 Å². The molecule has 0 radical (unpaired) electrons. The van der Waals surface area contributed by atoms with Crippen LogP contribution in [-0.2, 0) is 17.8 Å². The van der Waals surface area contributed by atoms with Crippen molar-refractivity contribution >= 4 is 16.8 Å². The Bertz CT molecular complexity index is 850. The van der Waals surface area contributed by atoms with Gasteiger partial charge in [0.1, 0.15) is 0 Å². The molecule has 3 rings (SSSR count). The molecule has 0 fully saturated rings. The predicted octanol–water partition coefficient (Wildman–Crippen LogP) is 3.35. The van der Waals surface area contributed by atoms with Gasteiger partial charge < -0.3 is 10.3 Å². The first-order valence-electron chi connectivity index (χ1n) is 7.79. The number of amides is 1. The molecule has 0 saturated carbocycles. The average molecular weight is 307 g/mol. The van der Waals surface area contributed by atoms with Crippen LogP contribution in [0.15, 0.2) is 36.5 Å². The van der Waals surface area contributed by atoms with Crippen LogP contribution in [0.25, 0.3) is 10.9 Å². The number of nitrogens with zero attached hydrogens (tertiary/aromatic N) is 1. The monoisotopic (exact) mass is 307 g/mol. The number of hydrogen-bond acceptors (Lipinski definition) is 2. The van der Waals surface area contributed by atoms with E-state index in [2.05, 4.69) is 41.3 Å². The van der Waals surface area contributed by atoms with E-state index >= 15 is 0 Å². The number of fused-ring (bicyclic) bond motifs is 1. The molecule has 2 N–H and O–H groups in total. The summed E-state index contributed by atoms with van der Waals surface area (Å²) in [6.07, 6.45) is 2.11. The number of pyridine rings is 1. The SMILES string of the molecule is Cc1cc(C)c2[nH]c(C)c(CC(=O)NCc3ccccn3)c2c1. The fourth-order valence-electron chi connectivity index (χ4n) is 2.98. The Hall–Kier alpha value is -2.62. The molecule has 0 aliphatic heterocycles. The molecule has 4 heteroatoms. The highest BCUT2D eigenvalue weighted by atomic mass is 16.1. The summed E-state index contributed by atoms with van der Waals surface area (Å²) in [6, 6.07) is 10.00. The summed E-state index contributed by atoms with van der Waals surface area (Å²) in [5.41, 5.74) is 6.54. The molecule has 3 aromatic rings. The quantitative estimate of drug-likeness (QED) is 0.776. The third kappa shape index (κ3) is 3.26. The van der Waals surface area contributed by atoms with Crippen LogP contribution in [0.5, 0.6) is 0 Å². The van der Waals surface area contributed by atoms with Crippen molar-refractivity contribution in [1.29, 1.82) is 0 Å². The van der Waals surface area contributed by atoms with Gasteiger partial charge in [-0.25, -0.2) is 0 Å². The van der Waals surface area contributed by atoms with E-state index in [0.717, 1.165) is 27.9 Å². The average Bonchev–Trinajstić information content (AvgIpc) is 2.83. The summed E-state index contributed by atoms with van der Waals surface area (Å²) in [4.78, 5) is 19.9. The number of aromatic nitrogens is 2. The van der Waals surface area contributed by atoms with Crippen LogP contribution in [0, 0.1) is 20.8 Å². The van der Waals surface area contributed by atoms with Crippen molar-refractivity contribution in [3.05, 3.63) is 64.6 Å². The molecule has 4 nitrogen and oxygen atoms in total. The van der Waals surface area contributed by atoms with Gasteiger partial charge in [-0.1, -0.05) is 17.7 Å². The second-order valence-corrected chi connectivity index (χ2v) is 6.01. The molecule has 1 aromatic carbocycles. The van der Waals surface area contributed by atoms with Crippen molar-refractivity contribution in [3.8, 4) is 0 Å². The van der Waals surface area contributed by atoms with E-state index in [-0.39, 0.29) is 5.91 Å². The number of hydrogen-bond donors (Lipinski definition) is 2. The summed E-state index contributed by atoms with van der Waals surface area (Å²) in [5.74, 6) is 0.0128. The van der Waals surface area contributed by atoms with Gasteiger partial charge in [-0.15, -0.1) is 0 Å². The molecule has 0 spiro atoms. The summed E-state index contributed by atoms with van der Waals surface area (Å²) in [6.45, 7) is 6.66. The van der Waals surface area contributed by atoms with Crippen molar-refractivity contribution in [2.24, 2.45) is 0 Å². The third-order valence-corrected chi connectivity index (χ3v) is 4.10. The molecule has 2 heterocycles. The molecule has 0 saturated heterocycles. The van der Waals surface area contributed by atoms with Crippen LogP contribution >= 0.6 is 0 Å². The number of carbonyl (C=O) groups excluding carboxylic acids is 1. The number of rotatable bonds is 4. The van der Waals surface area contributed by atoms with Gasteiger partial charge in [0.2, 0.25) is 5.91 Å². The molecule has 0 bridgehead atoms. The summed E-state index contributed by atoms with van der Waals surface area (Å²) in [5, 5.41) is 4.09. The molecule has 118 valence electrons. The summed E-state index contributed by atoms with van der Waals surface area (Å²) >= 11 is 0. The summed E-state index contributed by atoms with van der Waals surface area (Å²) in [7, 11) is 0. The van der Waals surface area contributed by atoms with Crippen molar-refractivity contribution in [2.75, 3.05) is 0 Å². The topological polar surface area (TPSA) is 57.8 Å². The Morgan fingerprint density at radius 2 is 2.04 bits per heavy atom. The minimum absolute atomic E-state index is 0.0128. The smallest absolute Gasteiger partial charge is 0.224 e. The largest absolute Gasteiger partial charge is 0.358 e. The third-order valence-electron chi connectivity index (χ3n) is 4.10. The standard InChI is InChI=1S/C19H21N3O/c1-12-8-13(2)19-17(9-12)16(14(3)22-19)10-18(23)21-11-15-6-4-5-7-20-15/h4-9,22H,10-11H2,1-3H3,(H,21,23). The Labute approximate surface area is 136 Å². The van der Waals surface area contributed by atoms with E-state index < -0.39 is 0 Å². The number of aryl methyl sites for hydroxylation is 3. The van der Waals surface area contributed by atoms with Gasteiger partial charge in [0.05, 0.1) is 18.7 Å². The van der Waals surface area contributed by atoms with Gasteiger partial charge in [-0.05, 0) is 50.1 Å². The lowest BCUT2D eigenvalue weighted by Crippen LogP contribution is -2.25. The first-order chi connectivity index (χ1) is 11.0. The zero-order chi connectivity index (χ0) is 16.4. The highest BCUT2D eigenvalue weighted by Crippen LogP contribution is 2.26. The Morgan fingerprint density at radius 1 is 1.22 bits per heavy atom. The van der Waals surface area contributed by atoms with Crippen molar-refractivity contribution in [1.82, 2.24) is 15.3 Å². The van der Waals surface area contributed by atoms with Crippen LogP contribution in [0.4, 0.5) is 0 Å². The van der Waals surface area contributed by atoms with Gasteiger partial charge in [0.25, 0.3) is 0 Å². The number of carbonyl (C=O) groups is 1. The predicted molar refractivity (Wildman–Crippen MR) is 92.3 cm³/mol. The second kappa shape index (κ2) is 6.24. The van der Waals surface area contributed by atoms with Crippen LogP contribution in [0.3, 0.4) is 0 Å². The molecule has 0 aliphatic carbocycles. The molecule has 23 heavy (non-hydrogen) atoms. The minimum Gasteiger partial charge on any atom is -0.358 e. The van der Waals surface area contributed by atoms with E-state index in [1.165, 1.54) is 11.1 Å². The molecule has 0 atom stereocenters. The van der Waals surface area contributed by atoms with E-state index in [9.17, 15) is 4.79 Å².